The van der Waals surface area contributed by atoms with Gasteiger partial charge in [0.1, 0.15) is 29.3 Å². The van der Waals surface area contributed by atoms with Gasteiger partial charge in [0.15, 0.2) is 0 Å². The molecule has 3 unspecified atom stereocenters. The van der Waals surface area contributed by atoms with Crippen LogP contribution < -0.4 is 10.6 Å². The minimum Gasteiger partial charge on any atom is -0.458 e. The zero-order valence-corrected chi connectivity index (χ0v) is 28.0. The first-order valence-electron chi connectivity index (χ1n) is 15.6. The lowest BCUT2D eigenvalue weighted by atomic mass is 9.97. The molecule has 0 aliphatic rings. The number of aliphatic hydroxyl groups excluding tert-OH is 1. The second kappa shape index (κ2) is 17.0. The molecule has 2 rings (SSSR count). The van der Waals surface area contributed by atoms with Crippen molar-refractivity contribution in [3.63, 3.8) is 0 Å². The van der Waals surface area contributed by atoms with E-state index in [0.29, 0.717) is 12.0 Å². The van der Waals surface area contributed by atoms with Crippen molar-refractivity contribution in [3.8, 4) is 0 Å². The molecule has 10 heteroatoms. The number of nitrogens with zero attached hydrogens (tertiary/aromatic N) is 1. The number of carbonyl (C=O) groups excluding carboxylic acids is 4. The molecule has 0 saturated heterocycles. The van der Waals surface area contributed by atoms with Crippen LogP contribution in [0.5, 0.6) is 0 Å². The second-order valence-electron chi connectivity index (χ2n) is 13.2. The van der Waals surface area contributed by atoms with Gasteiger partial charge in [0.2, 0.25) is 11.8 Å². The highest BCUT2D eigenvalue weighted by Crippen LogP contribution is 2.27. The van der Waals surface area contributed by atoms with Crippen LogP contribution in [0.15, 0.2) is 54.6 Å². The fourth-order valence-corrected chi connectivity index (χ4v) is 4.75. The first-order chi connectivity index (χ1) is 21.1. The maximum atomic E-state index is 14.4. The van der Waals surface area contributed by atoms with Gasteiger partial charge in [-0.05, 0) is 71.6 Å². The molecule has 0 radical (unpaired) electrons. The Labute approximate surface area is 267 Å². The van der Waals surface area contributed by atoms with E-state index in [2.05, 4.69) is 10.6 Å². The minimum atomic E-state index is -1.37. The largest absolute Gasteiger partial charge is 0.458 e. The molecule has 0 aliphatic heterocycles. The summed E-state index contributed by atoms with van der Waals surface area (Å²) in [5, 5.41) is 15.6. The number of unbranched alkanes of at least 4 members (excludes halogenated alkanes) is 2. The third-order valence-electron chi connectivity index (χ3n) is 6.79. The maximum absolute atomic E-state index is 14.4. The fourth-order valence-electron chi connectivity index (χ4n) is 4.75. The molecule has 10 nitrogen and oxygen atoms in total. The average molecular weight is 626 g/mol. The Morgan fingerprint density at radius 3 is 1.98 bits per heavy atom. The number of alkyl carbamates (subject to hydrolysis) is 1. The van der Waals surface area contributed by atoms with E-state index in [0.717, 1.165) is 24.0 Å². The van der Waals surface area contributed by atoms with Crippen LogP contribution in [-0.2, 0) is 30.3 Å². The molecule has 3 amide bonds. The highest BCUT2D eigenvalue weighted by molar-refractivity contribution is 5.94. The Hall–Kier alpha value is -3.92. The standard InChI is InChI=1S/C35H51N3O7/c1-9-10-16-21-38(31(41)28(23-39)37-33(43)45-35(6,7)8)29(26-20-15-14-17-24(26)2)30(40)36-27(32(42)44-34(3,4)5)22-25-18-12-11-13-19-25/h11-15,17-20,27-29,39H,9-10,16,21-23H2,1-8H3,(H,36,40)(H,37,43). The van der Waals surface area contributed by atoms with Crippen LogP contribution in [0.25, 0.3) is 0 Å². The predicted octanol–water partition coefficient (Wildman–Crippen LogP) is 5.01. The molecule has 2 aromatic rings. The zero-order chi connectivity index (χ0) is 33.8. The van der Waals surface area contributed by atoms with E-state index in [9.17, 15) is 24.3 Å². The van der Waals surface area contributed by atoms with E-state index in [-0.39, 0.29) is 13.0 Å². The van der Waals surface area contributed by atoms with Crippen LogP contribution in [0.4, 0.5) is 4.79 Å². The zero-order valence-electron chi connectivity index (χ0n) is 28.0. The summed E-state index contributed by atoms with van der Waals surface area (Å²) in [4.78, 5) is 55.9. The summed E-state index contributed by atoms with van der Waals surface area (Å²) in [5.74, 6) is -1.85. The smallest absolute Gasteiger partial charge is 0.408 e. The van der Waals surface area contributed by atoms with Crippen LogP contribution >= 0.6 is 0 Å². The maximum Gasteiger partial charge on any atom is 0.408 e. The third kappa shape index (κ3) is 12.5. The number of aryl methyl sites for hydroxylation is 1. The topological polar surface area (TPSA) is 134 Å². The molecule has 0 aromatic heterocycles. The average Bonchev–Trinajstić information content (AvgIpc) is 2.94. The Balaban J connectivity index is 2.57. The summed E-state index contributed by atoms with van der Waals surface area (Å²) >= 11 is 0. The number of nitrogens with one attached hydrogen (secondary N) is 2. The predicted molar refractivity (Wildman–Crippen MR) is 173 cm³/mol. The molecule has 3 atom stereocenters. The van der Waals surface area contributed by atoms with Crippen molar-refractivity contribution in [1.82, 2.24) is 15.5 Å². The lowest BCUT2D eigenvalue weighted by Crippen LogP contribution is -2.56. The van der Waals surface area contributed by atoms with Crippen LogP contribution in [0.2, 0.25) is 0 Å². The highest BCUT2D eigenvalue weighted by Gasteiger charge is 2.38. The lowest BCUT2D eigenvalue weighted by molar-refractivity contribution is -0.159. The summed E-state index contributed by atoms with van der Waals surface area (Å²) in [6, 6.07) is 12.9. The van der Waals surface area contributed by atoms with Crippen molar-refractivity contribution in [2.24, 2.45) is 0 Å². The molecule has 0 heterocycles. The molecule has 248 valence electrons. The fraction of sp³-hybridized carbons (Fsp3) is 0.543. The molecular weight excluding hydrogens is 574 g/mol. The first-order valence-corrected chi connectivity index (χ1v) is 15.6. The molecular formula is C35H51N3O7. The van der Waals surface area contributed by atoms with Crippen molar-refractivity contribution in [3.05, 3.63) is 71.3 Å². The van der Waals surface area contributed by atoms with E-state index in [4.69, 9.17) is 9.47 Å². The lowest BCUT2D eigenvalue weighted by Gasteiger charge is -2.35. The van der Waals surface area contributed by atoms with Crippen molar-refractivity contribution in [1.29, 1.82) is 0 Å². The summed E-state index contributed by atoms with van der Waals surface area (Å²) in [6.45, 7) is 13.6. The number of amides is 3. The molecule has 0 saturated carbocycles. The Morgan fingerprint density at radius 1 is 0.822 bits per heavy atom. The molecule has 45 heavy (non-hydrogen) atoms. The van der Waals surface area contributed by atoms with E-state index in [1.807, 2.05) is 56.3 Å². The van der Waals surface area contributed by atoms with E-state index >= 15 is 0 Å². The SMILES string of the molecule is CCCCCN(C(=O)C(CO)NC(=O)OC(C)(C)C)C(C(=O)NC(Cc1ccccc1)C(=O)OC(C)(C)C)c1ccccc1C. The number of esters is 1. The Morgan fingerprint density at radius 2 is 1.42 bits per heavy atom. The van der Waals surface area contributed by atoms with E-state index < -0.39 is 59.8 Å². The summed E-state index contributed by atoms with van der Waals surface area (Å²) in [5.41, 5.74) is 0.502. The van der Waals surface area contributed by atoms with Crippen LogP contribution in [0.1, 0.15) is 90.5 Å². The first kappa shape index (κ1) is 37.3. The number of benzene rings is 2. The molecule has 0 aliphatic carbocycles. The number of carbonyl (C=O) groups is 4. The molecule has 0 spiro atoms. The Kier molecular flexibility index (Phi) is 14.0. The number of ether oxygens (including phenoxy) is 2. The Bertz CT molecular complexity index is 1270. The summed E-state index contributed by atoms with van der Waals surface area (Å²) in [7, 11) is 0. The van der Waals surface area contributed by atoms with Gasteiger partial charge >= 0.3 is 12.1 Å². The van der Waals surface area contributed by atoms with Gasteiger partial charge in [-0.3, -0.25) is 9.59 Å². The third-order valence-corrected chi connectivity index (χ3v) is 6.79. The number of aliphatic hydroxyl groups is 1. The van der Waals surface area contributed by atoms with Crippen LogP contribution in [0, 0.1) is 6.92 Å². The van der Waals surface area contributed by atoms with Crippen molar-refractivity contribution in [2.45, 2.75) is 110 Å². The number of hydrogen-bond acceptors (Lipinski definition) is 7. The van der Waals surface area contributed by atoms with Crippen molar-refractivity contribution < 1.29 is 33.8 Å². The molecule has 0 fully saturated rings. The van der Waals surface area contributed by atoms with E-state index in [1.54, 1.807) is 53.7 Å². The van der Waals surface area contributed by atoms with Gasteiger partial charge in [-0.25, -0.2) is 9.59 Å². The summed E-state index contributed by atoms with van der Waals surface area (Å²) in [6.07, 6.45) is 1.52. The van der Waals surface area contributed by atoms with Crippen LogP contribution in [0.3, 0.4) is 0 Å². The van der Waals surface area contributed by atoms with Crippen molar-refractivity contribution in [2.75, 3.05) is 13.2 Å². The van der Waals surface area contributed by atoms with Gasteiger partial charge in [-0.1, -0.05) is 74.4 Å². The van der Waals surface area contributed by atoms with Crippen LogP contribution in [-0.4, -0.2) is 70.3 Å². The molecule has 0 bridgehead atoms. The normalized spacial score (nSPS) is 13.6. The van der Waals surface area contributed by atoms with Gasteiger partial charge in [0, 0.05) is 13.0 Å². The van der Waals surface area contributed by atoms with Gasteiger partial charge in [0.05, 0.1) is 6.61 Å². The van der Waals surface area contributed by atoms with Crippen molar-refractivity contribution >= 4 is 23.9 Å². The minimum absolute atomic E-state index is 0.168. The van der Waals surface area contributed by atoms with Gasteiger partial charge in [-0.15, -0.1) is 0 Å². The molecule has 2 aromatic carbocycles. The summed E-state index contributed by atoms with van der Waals surface area (Å²) < 4.78 is 11.0. The van der Waals surface area contributed by atoms with Gasteiger partial charge < -0.3 is 30.1 Å². The number of hydrogen-bond donors (Lipinski definition) is 3. The quantitative estimate of drug-likeness (QED) is 0.199. The van der Waals surface area contributed by atoms with Gasteiger partial charge in [-0.2, -0.15) is 0 Å². The van der Waals surface area contributed by atoms with Gasteiger partial charge in [0.25, 0.3) is 0 Å². The monoisotopic (exact) mass is 625 g/mol. The number of rotatable bonds is 14. The molecule has 3 N–H and O–H groups in total. The van der Waals surface area contributed by atoms with E-state index in [1.165, 1.54) is 4.90 Å². The second-order valence-corrected chi connectivity index (χ2v) is 13.2. The highest BCUT2D eigenvalue weighted by atomic mass is 16.6.